The summed E-state index contributed by atoms with van der Waals surface area (Å²) in [5.74, 6) is -0.790. The summed E-state index contributed by atoms with van der Waals surface area (Å²) in [6.07, 6.45) is 0. The molecule has 0 saturated carbocycles. The van der Waals surface area contributed by atoms with Gasteiger partial charge in [0.2, 0.25) is 0 Å². The van der Waals surface area contributed by atoms with Crippen molar-refractivity contribution >= 4 is 23.2 Å². The van der Waals surface area contributed by atoms with Crippen LogP contribution in [0.15, 0.2) is 72.8 Å². The van der Waals surface area contributed by atoms with Crippen LogP contribution in [0.3, 0.4) is 0 Å². The average molecular weight is 326 g/mol. The summed E-state index contributed by atoms with van der Waals surface area (Å²) in [5.41, 5.74) is 2.78. The third-order valence-corrected chi connectivity index (χ3v) is 3.72. The Bertz CT molecular complexity index is 849. The maximum atomic E-state index is 13.2. The topological polar surface area (TPSA) is 29.1 Å². The highest BCUT2D eigenvalue weighted by atomic mass is 35.5. The number of hydrogen-bond donors (Lipinski definition) is 1. The molecule has 0 bridgehead atoms. The first kappa shape index (κ1) is 15.3. The Morgan fingerprint density at radius 3 is 2.35 bits per heavy atom. The van der Waals surface area contributed by atoms with Crippen molar-refractivity contribution in [3.63, 3.8) is 0 Å². The third kappa shape index (κ3) is 3.41. The predicted octanol–water partition coefficient (Wildman–Crippen LogP) is 5.40. The molecule has 0 aliphatic rings. The molecule has 23 heavy (non-hydrogen) atoms. The Hall–Kier alpha value is -2.65. The third-order valence-electron chi connectivity index (χ3n) is 3.43. The van der Waals surface area contributed by atoms with E-state index < -0.39 is 5.82 Å². The van der Waals surface area contributed by atoms with Crippen LogP contribution < -0.4 is 5.32 Å². The van der Waals surface area contributed by atoms with Crippen LogP contribution in [-0.2, 0) is 0 Å². The summed E-state index contributed by atoms with van der Waals surface area (Å²) in [7, 11) is 0. The number of nitrogens with one attached hydrogen (secondary N) is 1. The number of halogens is 2. The van der Waals surface area contributed by atoms with Gasteiger partial charge in [-0.1, -0.05) is 60.1 Å². The van der Waals surface area contributed by atoms with Crippen molar-refractivity contribution in [1.82, 2.24) is 0 Å². The molecule has 4 heteroatoms. The molecule has 3 aromatic rings. The normalized spacial score (nSPS) is 10.3. The zero-order chi connectivity index (χ0) is 16.2. The number of carbonyl (C=O) groups excluding carboxylic acids is 1. The van der Waals surface area contributed by atoms with Gasteiger partial charge < -0.3 is 5.32 Å². The lowest BCUT2D eigenvalue weighted by Crippen LogP contribution is -2.13. The molecule has 0 aromatic heterocycles. The second-order valence-electron chi connectivity index (χ2n) is 4.99. The highest BCUT2D eigenvalue weighted by molar-refractivity contribution is 6.31. The van der Waals surface area contributed by atoms with E-state index in [0.717, 1.165) is 11.1 Å². The Labute approximate surface area is 138 Å². The molecule has 1 amide bonds. The van der Waals surface area contributed by atoms with Gasteiger partial charge in [-0.15, -0.1) is 0 Å². The summed E-state index contributed by atoms with van der Waals surface area (Å²) in [6.45, 7) is 0. The van der Waals surface area contributed by atoms with Gasteiger partial charge in [0.1, 0.15) is 5.82 Å². The van der Waals surface area contributed by atoms with E-state index >= 15 is 0 Å². The Morgan fingerprint density at radius 2 is 1.61 bits per heavy atom. The van der Waals surface area contributed by atoms with E-state index in [0.29, 0.717) is 11.3 Å². The molecule has 0 atom stereocenters. The van der Waals surface area contributed by atoms with E-state index in [9.17, 15) is 9.18 Å². The number of hydrogen-bond acceptors (Lipinski definition) is 1. The number of amides is 1. The van der Waals surface area contributed by atoms with E-state index in [4.69, 9.17) is 11.6 Å². The fraction of sp³-hybridized carbons (Fsp3) is 0. The molecule has 0 saturated heterocycles. The molecule has 0 fully saturated rings. The van der Waals surface area contributed by atoms with E-state index in [2.05, 4.69) is 5.32 Å². The highest BCUT2D eigenvalue weighted by Crippen LogP contribution is 2.25. The van der Waals surface area contributed by atoms with Crippen molar-refractivity contribution in [2.75, 3.05) is 5.32 Å². The minimum atomic E-state index is -0.519. The molecule has 0 spiro atoms. The minimum absolute atomic E-state index is 0.0286. The SMILES string of the molecule is O=C(Nc1ccc(F)c(Cl)c1)c1ccccc1-c1ccccc1. The second kappa shape index (κ2) is 6.63. The second-order valence-corrected chi connectivity index (χ2v) is 5.40. The molecule has 114 valence electrons. The van der Waals surface area contributed by atoms with Crippen LogP contribution >= 0.6 is 11.6 Å². The van der Waals surface area contributed by atoms with Crippen LogP contribution in [0.1, 0.15) is 10.4 Å². The van der Waals surface area contributed by atoms with Crippen LogP contribution in [0.25, 0.3) is 11.1 Å². The minimum Gasteiger partial charge on any atom is -0.322 e. The van der Waals surface area contributed by atoms with Crippen molar-refractivity contribution < 1.29 is 9.18 Å². The van der Waals surface area contributed by atoms with Crippen LogP contribution in [0, 0.1) is 5.82 Å². The van der Waals surface area contributed by atoms with Gasteiger partial charge in [-0.25, -0.2) is 4.39 Å². The maximum Gasteiger partial charge on any atom is 0.256 e. The molecular formula is C19H13ClFNO. The van der Waals surface area contributed by atoms with E-state index in [-0.39, 0.29) is 10.9 Å². The zero-order valence-electron chi connectivity index (χ0n) is 12.1. The molecule has 3 rings (SSSR count). The summed E-state index contributed by atoms with van der Waals surface area (Å²) in [5, 5.41) is 2.72. The number of benzene rings is 3. The van der Waals surface area contributed by atoms with Crippen molar-refractivity contribution in [2.24, 2.45) is 0 Å². The fourth-order valence-corrected chi connectivity index (χ4v) is 2.50. The maximum absolute atomic E-state index is 13.2. The fourth-order valence-electron chi connectivity index (χ4n) is 2.32. The van der Waals surface area contributed by atoms with E-state index in [1.165, 1.54) is 18.2 Å². The Balaban J connectivity index is 1.92. The van der Waals surface area contributed by atoms with Gasteiger partial charge in [-0.05, 0) is 35.4 Å². The lowest BCUT2D eigenvalue weighted by Gasteiger charge is -2.11. The standard InChI is InChI=1S/C19H13ClFNO/c20-17-12-14(10-11-18(17)21)22-19(23)16-9-5-4-8-15(16)13-6-2-1-3-7-13/h1-12H,(H,22,23). The van der Waals surface area contributed by atoms with Crippen LogP contribution in [0.5, 0.6) is 0 Å². The zero-order valence-corrected chi connectivity index (χ0v) is 12.8. The van der Waals surface area contributed by atoms with Gasteiger partial charge in [0.25, 0.3) is 5.91 Å². The van der Waals surface area contributed by atoms with Crippen molar-refractivity contribution in [3.8, 4) is 11.1 Å². The molecular weight excluding hydrogens is 313 g/mol. The van der Waals surface area contributed by atoms with Crippen LogP contribution in [0.4, 0.5) is 10.1 Å². The van der Waals surface area contributed by atoms with Gasteiger partial charge >= 0.3 is 0 Å². The molecule has 0 radical (unpaired) electrons. The Morgan fingerprint density at radius 1 is 0.913 bits per heavy atom. The van der Waals surface area contributed by atoms with Crippen LogP contribution in [-0.4, -0.2) is 5.91 Å². The van der Waals surface area contributed by atoms with Gasteiger partial charge in [0.15, 0.2) is 0 Å². The molecule has 2 nitrogen and oxygen atoms in total. The summed E-state index contributed by atoms with van der Waals surface area (Å²) in [6, 6.07) is 21.1. The summed E-state index contributed by atoms with van der Waals surface area (Å²) < 4.78 is 13.2. The number of anilines is 1. The summed E-state index contributed by atoms with van der Waals surface area (Å²) >= 11 is 5.74. The first-order valence-corrected chi connectivity index (χ1v) is 7.44. The average Bonchev–Trinajstić information content (AvgIpc) is 2.59. The molecule has 0 heterocycles. The Kier molecular flexibility index (Phi) is 4.40. The highest BCUT2D eigenvalue weighted by Gasteiger charge is 2.13. The predicted molar refractivity (Wildman–Crippen MR) is 91.2 cm³/mol. The monoisotopic (exact) mass is 325 g/mol. The van der Waals surface area contributed by atoms with Gasteiger partial charge in [0, 0.05) is 11.3 Å². The van der Waals surface area contributed by atoms with Crippen molar-refractivity contribution in [2.45, 2.75) is 0 Å². The van der Waals surface area contributed by atoms with Gasteiger partial charge in [-0.3, -0.25) is 4.79 Å². The molecule has 0 aliphatic heterocycles. The first-order chi connectivity index (χ1) is 11.1. The van der Waals surface area contributed by atoms with Gasteiger partial charge in [0.05, 0.1) is 5.02 Å². The lowest BCUT2D eigenvalue weighted by molar-refractivity contribution is 0.102. The lowest BCUT2D eigenvalue weighted by atomic mass is 9.99. The largest absolute Gasteiger partial charge is 0.322 e. The molecule has 0 aliphatic carbocycles. The first-order valence-electron chi connectivity index (χ1n) is 7.06. The number of rotatable bonds is 3. The van der Waals surface area contributed by atoms with E-state index in [1.807, 2.05) is 42.5 Å². The quantitative estimate of drug-likeness (QED) is 0.686. The van der Waals surface area contributed by atoms with E-state index in [1.54, 1.807) is 12.1 Å². The molecule has 1 N–H and O–H groups in total. The van der Waals surface area contributed by atoms with Crippen LogP contribution in [0.2, 0.25) is 5.02 Å². The van der Waals surface area contributed by atoms with Crippen molar-refractivity contribution in [3.05, 3.63) is 89.2 Å². The summed E-state index contributed by atoms with van der Waals surface area (Å²) in [4.78, 5) is 12.6. The smallest absolute Gasteiger partial charge is 0.256 e. The van der Waals surface area contributed by atoms with Gasteiger partial charge in [-0.2, -0.15) is 0 Å². The number of carbonyl (C=O) groups is 1. The van der Waals surface area contributed by atoms with Crippen molar-refractivity contribution in [1.29, 1.82) is 0 Å². The molecule has 3 aromatic carbocycles. The molecule has 0 unspecified atom stereocenters.